The molecular weight excluding hydrogens is 332 g/mol. The zero-order chi connectivity index (χ0) is 17.8. The highest BCUT2D eigenvalue weighted by molar-refractivity contribution is 8.01. The first-order valence-corrected chi connectivity index (χ1v) is 9.33. The number of amides is 2. The Morgan fingerprint density at radius 3 is 2.52 bits per heavy atom. The number of benzene rings is 2. The first kappa shape index (κ1) is 17.5. The number of thioether (sulfide) groups is 1. The van der Waals surface area contributed by atoms with Gasteiger partial charge in [-0.2, -0.15) is 0 Å². The molecule has 2 N–H and O–H groups in total. The van der Waals surface area contributed by atoms with Crippen LogP contribution in [-0.4, -0.2) is 17.1 Å². The highest BCUT2D eigenvalue weighted by Gasteiger charge is 2.27. The van der Waals surface area contributed by atoms with Crippen LogP contribution in [0.3, 0.4) is 0 Å². The van der Waals surface area contributed by atoms with Crippen LogP contribution in [0.5, 0.6) is 0 Å². The van der Waals surface area contributed by atoms with Crippen LogP contribution >= 0.6 is 11.8 Å². The van der Waals surface area contributed by atoms with Gasteiger partial charge in [-0.05, 0) is 35.7 Å². The maximum absolute atomic E-state index is 12.4. The van der Waals surface area contributed by atoms with Gasteiger partial charge in [0.25, 0.3) is 0 Å². The van der Waals surface area contributed by atoms with Gasteiger partial charge < -0.3 is 10.6 Å². The lowest BCUT2D eigenvalue weighted by Gasteiger charge is -2.11. The fourth-order valence-electron chi connectivity index (χ4n) is 2.62. The van der Waals surface area contributed by atoms with E-state index in [4.69, 9.17) is 0 Å². The first-order valence-electron chi connectivity index (χ1n) is 8.45. The molecule has 3 rings (SSSR count). The zero-order valence-electron chi connectivity index (χ0n) is 14.4. The van der Waals surface area contributed by atoms with E-state index in [1.54, 1.807) is 11.8 Å². The van der Waals surface area contributed by atoms with Crippen molar-refractivity contribution < 1.29 is 9.59 Å². The van der Waals surface area contributed by atoms with E-state index in [2.05, 4.69) is 22.8 Å². The second-order valence-corrected chi connectivity index (χ2v) is 7.72. The van der Waals surface area contributed by atoms with Crippen molar-refractivity contribution in [3.63, 3.8) is 0 Å². The number of carbonyl (C=O) groups is 2. The van der Waals surface area contributed by atoms with Crippen LogP contribution in [-0.2, 0) is 22.6 Å². The Kier molecular flexibility index (Phi) is 5.43. The second-order valence-electron chi connectivity index (χ2n) is 6.48. The third kappa shape index (κ3) is 4.42. The minimum atomic E-state index is -0.0537. The van der Waals surface area contributed by atoms with Crippen molar-refractivity contribution >= 4 is 29.3 Å². The minimum Gasteiger partial charge on any atom is -0.351 e. The third-order valence-electron chi connectivity index (χ3n) is 4.15. The van der Waals surface area contributed by atoms with Crippen LogP contribution in [0.25, 0.3) is 0 Å². The van der Waals surface area contributed by atoms with Gasteiger partial charge in [0.2, 0.25) is 11.8 Å². The normalized spacial score (nSPS) is 15.7. The van der Waals surface area contributed by atoms with Crippen molar-refractivity contribution in [3.05, 3.63) is 59.7 Å². The summed E-state index contributed by atoms with van der Waals surface area (Å²) in [5.74, 6) is 0.0178. The number of rotatable bonds is 5. The Morgan fingerprint density at radius 2 is 1.84 bits per heavy atom. The van der Waals surface area contributed by atoms with E-state index in [-0.39, 0.29) is 23.0 Å². The molecule has 0 aromatic heterocycles. The van der Waals surface area contributed by atoms with Crippen LogP contribution in [0.4, 0.5) is 5.69 Å². The van der Waals surface area contributed by atoms with E-state index in [9.17, 15) is 9.59 Å². The van der Waals surface area contributed by atoms with Gasteiger partial charge >= 0.3 is 0 Å². The van der Waals surface area contributed by atoms with E-state index in [0.717, 1.165) is 17.7 Å². The topological polar surface area (TPSA) is 58.2 Å². The van der Waals surface area contributed by atoms with Crippen LogP contribution in [0.1, 0.15) is 25.0 Å². The summed E-state index contributed by atoms with van der Waals surface area (Å²) in [6.07, 6.45) is 0.785. The van der Waals surface area contributed by atoms with Crippen LogP contribution < -0.4 is 10.6 Å². The predicted molar refractivity (Wildman–Crippen MR) is 102 cm³/mol. The Bertz CT molecular complexity index is 747. The van der Waals surface area contributed by atoms with Crippen LogP contribution in [0.15, 0.2) is 53.4 Å². The van der Waals surface area contributed by atoms with E-state index in [0.29, 0.717) is 6.54 Å². The maximum atomic E-state index is 12.4. The SMILES string of the molecule is CC(C)C(=O)Nc1ccc(CNC(=O)C2Cc3ccccc3S2)cc1. The Labute approximate surface area is 152 Å². The van der Waals surface area contributed by atoms with Gasteiger partial charge in [-0.25, -0.2) is 0 Å². The quantitative estimate of drug-likeness (QED) is 0.862. The van der Waals surface area contributed by atoms with Gasteiger partial charge in [0.15, 0.2) is 0 Å². The van der Waals surface area contributed by atoms with Crippen molar-refractivity contribution in [2.24, 2.45) is 5.92 Å². The first-order chi connectivity index (χ1) is 12.0. The molecule has 5 heteroatoms. The highest BCUT2D eigenvalue weighted by atomic mass is 32.2. The largest absolute Gasteiger partial charge is 0.351 e. The lowest BCUT2D eigenvalue weighted by Crippen LogP contribution is -2.31. The average Bonchev–Trinajstić information content (AvgIpc) is 3.05. The Morgan fingerprint density at radius 1 is 1.12 bits per heavy atom. The molecule has 2 aromatic carbocycles. The summed E-state index contributed by atoms with van der Waals surface area (Å²) < 4.78 is 0. The number of nitrogens with one attached hydrogen (secondary N) is 2. The minimum absolute atomic E-state index is 0.00104. The molecule has 25 heavy (non-hydrogen) atoms. The molecule has 0 aliphatic carbocycles. The van der Waals surface area contributed by atoms with Crippen molar-refractivity contribution in [1.29, 1.82) is 0 Å². The zero-order valence-corrected chi connectivity index (χ0v) is 15.2. The number of anilines is 1. The summed E-state index contributed by atoms with van der Waals surface area (Å²) in [6.45, 7) is 4.21. The average molecular weight is 354 g/mol. The molecule has 4 nitrogen and oxygen atoms in total. The second kappa shape index (κ2) is 7.74. The maximum Gasteiger partial charge on any atom is 0.234 e. The molecule has 1 aliphatic rings. The highest BCUT2D eigenvalue weighted by Crippen LogP contribution is 2.36. The molecule has 1 aliphatic heterocycles. The van der Waals surface area contributed by atoms with Gasteiger partial charge in [-0.1, -0.05) is 44.2 Å². The molecule has 0 bridgehead atoms. The number of hydrogen-bond acceptors (Lipinski definition) is 3. The van der Waals surface area contributed by atoms with Crippen LogP contribution in [0.2, 0.25) is 0 Å². The molecule has 0 saturated carbocycles. The fourth-order valence-corrected chi connectivity index (χ4v) is 3.84. The lowest BCUT2D eigenvalue weighted by atomic mass is 10.1. The fraction of sp³-hybridized carbons (Fsp3) is 0.300. The molecule has 1 atom stereocenters. The summed E-state index contributed by atoms with van der Waals surface area (Å²) in [5, 5.41) is 5.81. The molecule has 0 saturated heterocycles. The van der Waals surface area contributed by atoms with E-state index in [1.165, 1.54) is 10.5 Å². The number of carbonyl (C=O) groups excluding carboxylic acids is 2. The monoisotopic (exact) mass is 354 g/mol. The van der Waals surface area contributed by atoms with E-state index >= 15 is 0 Å². The predicted octanol–water partition coefficient (Wildman–Crippen LogP) is 3.61. The van der Waals surface area contributed by atoms with Gasteiger partial charge in [0, 0.05) is 23.0 Å². The molecule has 0 radical (unpaired) electrons. The number of fused-ring (bicyclic) bond motifs is 1. The molecule has 130 valence electrons. The summed E-state index contributed by atoms with van der Waals surface area (Å²) in [6, 6.07) is 15.7. The van der Waals surface area contributed by atoms with Gasteiger partial charge in [-0.3, -0.25) is 9.59 Å². The molecule has 2 aromatic rings. The van der Waals surface area contributed by atoms with Crippen molar-refractivity contribution in [3.8, 4) is 0 Å². The van der Waals surface area contributed by atoms with E-state index < -0.39 is 0 Å². The molecule has 0 spiro atoms. The number of hydrogen-bond donors (Lipinski definition) is 2. The summed E-state index contributed by atoms with van der Waals surface area (Å²) >= 11 is 1.63. The van der Waals surface area contributed by atoms with E-state index in [1.807, 2.05) is 50.2 Å². The standard InChI is InChI=1S/C20H22N2O2S/c1-13(2)19(23)22-16-9-7-14(8-10-16)12-21-20(24)18-11-15-5-3-4-6-17(15)25-18/h3-10,13,18H,11-12H2,1-2H3,(H,21,24)(H,22,23). The smallest absolute Gasteiger partial charge is 0.234 e. The third-order valence-corrected chi connectivity index (χ3v) is 5.47. The molecule has 2 amide bonds. The van der Waals surface area contributed by atoms with Gasteiger partial charge in [0.05, 0.1) is 5.25 Å². The Balaban J connectivity index is 1.50. The van der Waals surface area contributed by atoms with Crippen molar-refractivity contribution in [1.82, 2.24) is 5.32 Å². The van der Waals surface area contributed by atoms with Crippen LogP contribution in [0, 0.1) is 5.92 Å². The molecular formula is C20H22N2O2S. The van der Waals surface area contributed by atoms with Crippen molar-refractivity contribution in [2.75, 3.05) is 5.32 Å². The summed E-state index contributed by atoms with van der Waals surface area (Å²) in [5.41, 5.74) is 3.03. The summed E-state index contributed by atoms with van der Waals surface area (Å²) in [4.78, 5) is 25.3. The van der Waals surface area contributed by atoms with Crippen molar-refractivity contribution in [2.45, 2.75) is 37.0 Å². The molecule has 1 heterocycles. The summed E-state index contributed by atoms with van der Waals surface area (Å²) in [7, 11) is 0. The van der Waals surface area contributed by atoms with Gasteiger partial charge in [-0.15, -0.1) is 11.8 Å². The molecule has 1 unspecified atom stereocenters. The van der Waals surface area contributed by atoms with Gasteiger partial charge in [0.1, 0.15) is 0 Å². The molecule has 0 fully saturated rings. The lowest BCUT2D eigenvalue weighted by molar-refractivity contribution is -0.120. The Hall–Kier alpha value is -2.27.